The van der Waals surface area contributed by atoms with Gasteiger partial charge in [0.1, 0.15) is 0 Å². The van der Waals surface area contributed by atoms with Crippen molar-refractivity contribution in [1.82, 2.24) is 10.6 Å². The Kier molecular flexibility index (Phi) is 6.87. The van der Waals surface area contributed by atoms with Gasteiger partial charge in [-0.25, -0.2) is 0 Å². The van der Waals surface area contributed by atoms with E-state index in [-0.39, 0.29) is 18.4 Å². The normalized spacial score (nSPS) is 11.7. The van der Waals surface area contributed by atoms with Crippen LogP contribution in [0.25, 0.3) is 0 Å². The second kappa shape index (κ2) is 8.41. The maximum Gasteiger partial charge on any atom is 0.306 e. The molecule has 0 aliphatic rings. The number of carbonyl (C=O) groups is 3. The summed E-state index contributed by atoms with van der Waals surface area (Å²) in [5, 5.41) is 13.9. The molecule has 1 aromatic heterocycles. The van der Waals surface area contributed by atoms with E-state index in [1.165, 1.54) is 11.3 Å². The maximum absolute atomic E-state index is 11.7. The summed E-state index contributed by atoms with van der Waals surface area (Å²) in [6, 6.07) is 3.57. The standard InChI is InChI=1S/C14H20N2O4S/c1-9(14(19)20)4-3-7-15-12(17)8-16-13(18)11-6-5-10(2)21-11/h5-6,9H,3-4,7-8H2,1-2H3,(H,15,17)(H,16,18)(H,19,20). The molecular weight excluding hydrogens is 292 g/mol. The number of nitrogens with one attached hydrogen (secondary N) is 2. The first-order valence-corrected chi connectivity index (χ1v) is 7.56. The van der Waals surface area contributed by atoms with Gasteiger partial charge >= 0.3 is 5.97 Å². The Hall–Kier alpha value is -1.89. The van der Waals surface area contributed by atoms with E-state index in [0.29, 0.717) is 24.3 Å². The average molecular weight is 312 g/mol. The highest BCUT2D eigenvalue weighted by molar-refractivity contribution is 7.13. The van der Waals surface area contributed by atoms with E-state index in [1.807, 2.05) is 13.0 Å². The van der Waals surface area contributed by atoms with Crippen LogP contribution in [0.2, 0.25) is 0 Å². The van der Waals surface area contributed by atoms with Crippen molar-refractivity contribution < 1.29 is 19.5 Å². The zero-order chi connectivity index (χ0) is 15.8. The summed E-state index contributed by atoms with van der Waals surface area (Å²) < 4.78 is 0. The molecule has 21 heavy (non-hydrogen) atoms. The minimum Gasteiger partial charge on any atom is -0.481 e. The van der Waals surface area contributed by atoms with Gasteiger partial charge in [0.15, 0.2) is 0 Å². The number of carbonyl (C=O) groups excluding carboxylic acids is 2. The Bertz CT molecular complexity index is 513. The van der Waals surface area contributed by atoms with Crippen LogP contribution in [0.5, 0.6) is 0 Å². The first kappa shape index (κ1) is 17.2. The fourth-order valence-corrected chi connectivity index (χ4v) is 2.41. The molecule has 0 aliphatic carbocycles. The molecule has 2 amide bonds. The molecule has 0 spiro atoms. The van der Waals surface area contributed by atoms with E-state index in [4.69, 9.17) is 5.11 Å². The number of hydrogen-bond acceptors (Lipinski definition) is 4. The van der Waals surface area contributed by atoms with Gasteiger partial charge in [-0.3, -0.25) is 14.4 Å². The van der Waals surface area contributed by atoms with Crippen LogP contribution in [0.3, 0.4) is 0 Å². The molecule has 0 bridgehead atoms. The Morgan fingerprint density at radius 1 is 1.29 bits per heavy atom. The molecule has 0 saturated carbocycles. The molecule has 0 radical (unpaired) electrons. The van der Waals surface area contributed by atoms with Crippen LogP contribution < -0.4 is 10.6 Å². The van der Waals surface area contributed by atoms with Gasteiger partial charge in [0.05, 0.1) is 17.3 Å². The van der Waals surface area contributed by atoms with Gasteiger partial charge in [-0.05, 0) is 31.9 Å². The second-order valence-corrected chi connectivity index (χ2v) is 6.11. The highest BCUT2D eigenvalue weighted by Crippen LogP contribution is 2.14. The molecule has 1 unspecified atom stereocenters. The monoisotopic (exact) mass is 312 g/mol. The summed E-state index contributed by atoms with van der Waals surface area (Å²) in [5.74, 6) is -1.79. The number of hydrogen-bond donors (Lipinski definition) is 3. The molecule has 0 saturated heterocycles. The van der Waals surface area contributed by atoms with E-state index in [1.54, 1.807) is 13.0 Å². The fourth-order valence-electron chi connectivity index (χ4n) is 1.63. The molecule has 7 heteroatoms. The molecule has 116 valence electrons. The molecule has 1 rings (SSSR count). The van der Waals surface area contributed by atoms with Crippen molar-refractivity contribution in [1.29, 1.82) is 0 Å². The third-order valence-corrected chi connectivity index (χ3v) is 3.93. The number of carboxylic acids is 1. The van der Waals surface area contributed by atoms with E-state index < -0.39 is 11.9 Å². The first-order chi connectivity index (χ1) is 9.90. The third kappa shape index (κ3) is 6.40. The summed E-state index contributed by atoms with van der Waals surface area (Å²) in [5.41, 5.74) is 0. The molecule has 0 fully saturated rings. The fraction of sp³-hybridized carbons (Fsp3) is 0.500. The summed E-state index contributed by atoms with van der Waals surface area (Å²) in [6.07, 6.45) is 1.10. The van der Waals surface area contributed by atoms with Gasteiger partial charge in [0, 0.05) is 11.4 Å². The van der Waals surface area contributed by atoms with Crippen molar-refractivity contribution >= 4 is 29.1 Å². The van der Waals surface area contributed by atoms with Crippen molar-refractivity contribution in [2.75, 3.05) is 13.1 Å². The Morgan fingerprint density at radius 3 is 2.57 bits per heavy atom. The van der Waals surface area contributed by atoms with Gasteiger partial charge in [-0.2, -0.15) is 0 Å². The van der Waals surface area contributed by atoms with E-state index in [2.05, 4.69) is 10.6 Å². The van der Waals surface area contributed by atoms with Crippen LogP contribution in [-0.2, 0) is 9.59 Å². The first-order valence-electron chi connectivity index (χ1n) is 6.74. The van der Waals surface area contributed by atoms with Crippen molar-refractivity contribution in [3.8, 4) is 0 Å². The summed E-state index contributed by atoms with van der Waals surface area (Å²) in [7, 11) is 0. The Morgan fingerprint density at radius 2 is 2.00 bits per heavy atom. The smallest absolute Gasteiger partial charge is 0.306 e. The molecule has 0 aliphatic heterocycles. The molecule has 0 aromatic carbocycles. The second-order valence-electron chi connectivity index (χ2n) is 4.82. The van der Waals surface area contributed by atoms with Crippen molar-refractivity contribution in [3.05, 3.63) is 21.9 Å². The summed E-state index contributed by atoms with van der Waals surface area (Å²) in [4.78, 5) is 35.5. The van der Waals surface area contributed by atoms with Gasteiger partial charge in [-0.15, -0.1) is 11.3 Å². The minimum absolute atomic E-state index is 0.0791. The number of aryl methyl sites for hydroxylation is 1. The van der Waals surface area contributed by atoms with Crippen LogP contribution in [0, 0.1) is 12.8 Å². The van der Waals surface area contributed by atoms with Crippen molar-refractivity contribution in [3.63, 3.8) is 0 Å². The lowest BCUT2D eigenvalue weighted by molar-refractivity contribution is -0.141. The Balaban J connectivity index is 2.17. The lowest BCUT2D eigenvalue weighted by atomic mass is 10.1. The molecule has 1 aromatic rings. The Labute approximate surface area is 127 Å². The topological polar surface area (TPSA) is 95.5 Å². The largest absolute Gasteiger partial charge is 0.481 e. The van der Waals surface area contributed by atoms with Gasteiger partial charge in [0.25, 0.3) is 5.91 Å². The number of carboxylic acid groups (broad SMARTS) is 1. The third-order valence-electron chi connectivity index (χ3n) is 2.93. The maximum atomic E-state index is 11.7. The predicted molar refractivity (Wildman–Crippen MR) is 80.4 cm³/mol. The van der Waals surface area contributed by atoms with Crippen LogP contribution in [0.15, 0.2) is 12.1 Å². The minimum atomic E-state index is -0.833. The summed E-state index contributed by atoms with van der Waals surface area (Å²) in [6.45, 7) is 3.87. The van der Waals surface area contributed by atoms with Crippen molar-refractivity contribution in [2.45, 2.75) is 26.7 Å². The van der Waals surface area contributed by atoms with Crippen LogP contribution in [0.4, 0.5) is 0 Å². The quantitative estimate of drug-likeness (QED) is 0.632. The van der Waals surface area contributed by atoms with Crippen LogP contribution in [-0.4, -0.2) is 36.0 Å². The highest BCUT2D eigenvalue weighted by atomic mass is 32.1. The number of aliphatic carboxylic acids is 1. The van der Waals surface area contributed by atoms with Gasteiger partial charge in [-0.1, -0.05) is 6.92 Å². The highest BCUT2D eigenvalue weighted by Gasteiger charge is 2.11. The van der Waals surface area contributed by atoms with E-state index in [9.17, 15) is 14.4 Å². The van der Waals surface area contributed by atoms with E-state index in [0.717, 1.165) is 4.88 Å². The van der Waals surface area contributed by atoms with Crippen LogP contribution >= 0.6 is 11.3 Å². The average Bonchev–Trinajstić information content (AvgIpc) is 2.87. The summed E-state index contributed by atoms with van der Waals surface area (Å²) >= 11 is 1.38. The lowest BCUT2D eigenvalue weighted by Crippen LogP contribution is -2.37. The molecule has 1 heterocycles. The predicted octanol–water partition coefficient (Wildman–Crippen LogP) is 1.40. The zero-order valence-corrected chi connectivity index (χ0v) is 13.0. The van der Waals surface area contributed by atoms with Crippen LogP contribution in [0.1, 0.15) is 34.3 Å². The van der Waals surface area contributed by atoms with E-state index >= 15 is 0 Å². The molecule has 1 atom stereocenters. The van der Waals surface area contributed by atoms with Gasteiger partial charge < -0.3 is 15.7 Å². The lowest BCUT2D eigenvalue weighted by Gasteiger charge is -2.08. The molecule has 3 N–H and O–H groups in total. The number of amides is 2. The molecule has 6 nitrogen and oxygen atoms in total. The number of thiophene rings is 1. The van der Waals surface area contributed by atoms with Crippen molar-refractivity contribution in [2.24, 2.45) is 5.92 Å². The number of rotatable bonds is 8. The SMILES string of the molecule is Cc1ccc(C(=O)NCC(=O)NCCCC(C)C(=O)O)s1. The zero-order valence-electron chi connectivity index (χ0n) is 12.1. The van der Waals surface area contributed by atoms with Gasteiger partial charge in [0.2, 0.25) is 5.91 Å². The molecular formula is C14H20N2O4S.